The number of nitrogens with one attached hydrogen (secondary N) is 1. The van der Waals surface area contributed by atoms with Crippen LogP contribution in [0.1, 0.15) is 24.4 Å². The highest BCUT2D eigenvalue weighted by Gasteiger charge is 2.30. The SMILES string of the molecule is COc1ccccc1[C@H](CNC(=O)[C@H]1COc2ccccc2O1)N1CCCC1. The zero-order chi connectivity index (χ0) is 19.3. The van der Waals surface area contributed by atoms with Crippen molar-refractivity contribution in [1.29, 1.82) is 0 Å². The Hall–Kier alpha value is -2.73. The first kappa shape index (κ1) is 18.6. The van der Waals surface area contributed by atoms with Gasteiger partial charge in [0.2, 0.25) is 6.10 Å². The zero-order valence-corrected chi connectivity index (χ0v) is 16.1. The van der Waals surface area contributed by atoms with Crippen LogP contribution in [0.4, 0.5) is 0 Å². The molecule has 4 rings (SSSR count). The van der Waals surface area contributed by atoms with Crippen LogP contribution in [-0.4, -0.2) is 50.3 Å². The van der Waals surface area contributed by atoms with E-state index < -0.39 is 6.10 Å². The highest BCUT2D eigenvalue weighted by molar-refractivity contribution is 5.81. The maximum Gasteiger partial charge on any atom is 0.264 e. The average Bonchev–Trinajstić information content (AvgIpc) is 3.28. The maximum absolute atomic E-state index is 12.7. The summed E-state index contributed by atoms with van der Waals surface area (Å²) in [4.78, 5) is 15.2. The molecule has 2 heterocycles. The van der Waals surface area contributed by atoms with Crippen LogP contribution >= 0.6 is 0 Å². The Morgan fingerprint density at radius 3 is 2.64 bits per heavy atom. The Balaban J connectivity index is 1.45. The molecule has 1 N–H and O–H groups in total. The molecule has 0 unspecified atom stereocenters. The van der Waals surface area contributed by atoms with Crippen LogP contribution in [0.3, 0.4) is 0 Å². The molecule has 2 aromatic carbocycles. The second-order valence-corrected chi connectivity index (χ2v) is 7.11. The van der Waals surface area contributed by atoms with Gasteiger partial charge in [0.1, 0.15) is 12.4 Å². The Labute approximate surface area is 165 Å². The number of hydrogen-bond donors (Lipinski definition) is 1. The van der Waals surface area contributed by atoms with E-state index in [4.69, 9.17) is 14.2 Å². The third-order valence-corrected chi connectivity index (χ3v) is 5.35. The molecule has 1 saturated heterocycles. The van der Waals surface area contributed by atoms with Crippen LogP contribution in [0, 0.1) is 0 Å². The number of para-hydroxylation sites is 3. The van der Waals surface area contributed by atoms with Gasteiger partial charge in [-0.1, -0.05) is 30.3 Å². The highest BCUT2D eigenvalue weighted by Crippen LogP contribution is 2.32. The summed E-state index contributed by atoms with van der Waals surface area (Å²) in [6.45, 7) is 2.76. The topological polar surface area (TPSA) is 60.0 Å². The van der Waals surface area contributed by atoms with E-state index in [1.54, 1.807) is 7.11 Å². The summed E-state index contributed by atoms with van der Waals surface area (Å²) in [5, 5.41) is 3.07. The summed E-state index contributed by atoms with van der Waals surface area (Å²) in [5.41, 5.74) is 1.10. The number of ether oxygens (including phenoxy) is 3. The number of carbonyl (C=O) groups is 1. The largest absolute Gasteiger partial charge is 0.496 e. The molecule has 6 heteroatoms. The molecule has 0 bridgehead atoms. The van der Waals surface area contributed by atoms with Crippen molar-refractivity contribution in [3.05, 3.63) is 54.1 Å². The minimum Gasteiger partial charge on any atom is -0.496 e. The lowest BCUT2D eigenvalue weighted by atomic mass is 10.0. The van der Waals surface area contributed by atoms with E-state index in [-0.39, 0.29) is 18.6 Å². The number of rotatable bonds is 6. The molecule has 2 aliphatic rings. The number of carbonyl (C=O) groups excluding carboxylic acids is 1. The number of amides is 1. The van der Waals surface area contributed by atoms with Crippen LogP contribution in [0.15, 0.2) is 48.5 Å². The minimum atomic E-state index is -0.646. The van der Waals surface area contributed by atoms with Crippen molar-refractivity contribution in [2.24, 2.45) is 0 Å². The van der Waals surface area contributed by atoms with Crippen molar-refractivity contribution in [3.8, 4) is 17.2 Å². The van der Waals surface area contributed by atoms with Crippen LogP contribution in [0.5, 0.6) is 17.2 Å². The molecule has 1 amide bonds. The van der Waals surface area contributed by atoms with Crippen LogP contribution in [0.25, 0.3) is 0 Å². The van der Waals surface area contributed by atoms with Gasteiger partial charge in [-0.3, -0.25) is 9.69 Å². The van der Waals surface area contributed by atoms with Gasteiger partial charge in [-0.25, -0.2) is 0 Å². The van der Waals surface area contributed by atoms with Crippen molar-refractivity contribution < 1.29 is 19.0 Å². The average molecular weight is 382 g/mol. The quantitative estimate of drug-likeness (QED) is 0.833. The van der Waals surface area contributed by atoms with Crippen LogP contribution in [-0.2, 0) is 4.79 Å². The standard InChI is InChI=1S/C22H26N2O4/c1-26-18-9-3-2-8-16(18)17(24-12-6-7-13-24)14-23-22(25)21-15-27-19-10-4-5-11-20(19)28-21/h2-5,8-11,17,21H,6-7,12-15H2,1H3,(H,23,25)/t17-,21+/m0/s1. The molecular formula is C22H26N2O4. The number of methoxy groups -OCH3 is 1. The summed E-state index contributed by atoms with van der Waals surface area (Å²) in [5.74, 6) is 1.97. The molecule has 0 aromatic heterocycles. The van der Waals surface area contributed by atoms with Gasteiger partial charge in [-0.05, 0) is 44.1 Å². The first-order valence-corrected chi connectivity index (χ1v) is 9.79. The van der Waals surface area contributed by atoms with E-state index in [0.717, 1.165) is 24.4 Å². The molecular weight excluding hydrogens is 356 g/mol. The van der Waals surface area contributed by atoms with Crippen molar-refractivity contribution >= 4 is 5.91 Å². The maximum atomic E-state index is 12.7. The Bertz CT molecular complexity index is 820. The molecule has 0 saturated carbocycles. The van der Waals surface area contributed by atoms with Gasteiger partial charge in [-0.15, -0.1) is 0 Å². The second-order valence-electron chi connectivity index (χ2n) is 7.11. The van der Waals surface area contributed by atoms with Crippen molar-refractivity contribution in [2.45, 2.75) is 25.0 Å². The highest BCUT2D eigenvalue weighted by atomic mass is 16.6. The van der Waals surface area contributed by atoms with Crippen molar-refractivity contribution in [1.82, 2.24) is 10.2 Å². The van der Waals surface area contributed by atoms with Gasteiger partial charge in [0.05, 0.1) is 13.2 Å². The van der Waals surface area contributed by atoms with E-state index >= 15 is 0 Å². The van der Waals surface area contributed by atoms with Gasteiger partial charge in [0.25, 0.3) is 5.91 Å². The lowest BCUT2D eigenvalue weighted by molar-refractivity contribution is -0.130. The first-order chi connectivity index (χ1) is 13.8. The summed E-state index contributed by atoms with van der Waals surface area (Å²) < 4.78 is 17.1. The van der Waals surface area contributed by atoms with E-state index in [0.29, 0.717) is 18.0 Å². The number of benzene rings is 2. The fraction of sp³-hybridized carbons (Fsp3) is 0.409. The monoisotopic (exact) mass is 382 g/mol. The molecule has 0 spiro atoms. The molecule has 28 heavy (non-hydrogen) atoms. The third-order valence-electron chi connectivity index (χ3n) is 5.35. The van der Waals surface area contributed by atoms with Gasteiger partial charge >= 0.3 is 0 Å². The summed E-state index contributed by atoms with van der Waals surface area (Å²) in [7, 11) is 1.68. The first-order valence-electron chi connectivity index (χ1n) is 9.79. The molecule has 2 aliphatic heterocycles. The predicted molar refractivity (Wildman–Crippen MR) is 106 cm³/mol. The second kappa shape index (κ2) is 8.52. The Morgan fingerprint density at radius 1 is 1.14 bits per heavy atom. The normalized spacial score (nSPS) is 19.8. The number of likely N-dealkylation sites (tertiary alicyclic amines) is 1. The lowest BCUT2D eigenvalue weighted by Gasteiger charge is -2.30. The molecule has 148 valence electrons. The fourth-order valence-corrected chi connectivity index (χ4v) is 3.89. The van der Waals surface area contributed by atoms with Gasteiger partial charge in [-0.2, -0.15) is 0 Å². The summed E-state index contributed by atoms with van der Waals surface area (Å²) >= 11 is 0. The lowest BCUT2D eigenvalue weighted by Crippen LogP contribution is -2.46. The molecule has 0 aliphatic carbocycles. The van der Waals surface area contributed by atoms with Gasteiger partial charge < -0.3 is 19.5 Å². The third kappa shape index (κ3) is 3.92. The minimum absolute atomic E-state index is 0.0689. The van der Waals surface area contributed by atoms with Crippen LogP contribution < -0.4 is 19.5 Å². The van der Waals surface area contributed by atoms with Crippen LogP contribution in [0.2, 0.25) is 0 Å². The summed E-state index contributed by atoms with van der Waals surface area (Å²) in [6, 6.07) is 15.5. The predicted octanol–water partition coefficient (Wildman–Crippen LogP) is 2.79. The summed E-state index contributed by atoms with van der Waals surface area (Å²) in [6.07, 6.45) is 1.71. The van der Waals surface area contributed by atoms with Gasteiger partial charge in [0, 0.05) is 12.1 Å². The fourth-order valence-electron chi connectivity index (χ4n) is 3.89. The van der Waals surface area contributed by atoms with E-state index in [9.17, 15) is 4.79 Å². The zero-order valence-electron chi connectivity index (χ0n) is 16.1. The molecule has 2 aromatic rings. The molecule has 0 radical (unpaired) electrons. The van der Waals surface area contributed by atoms with E-state index in [2.05, 4.69) is 16.3 Å². The number of hydrogen-bond acceptors (Lipinski definition) is 5. The Morgan fingerprint density at radius 2 is 1.86 bits per heavy atom. The van der Waals surface area contributed by atoms with E-state index in [1.165, 1.54) is 12.8 Å². The molecule has 6 nitrogen and oxygen atoms in total. The van der Waals surface area contributed by atoms with Gasteiger partial charge in [0.15, 0.2) is 11.5 Å². The van der Waals surface area contributed by atoms with Crippen molar-refractivity contribution in [3.63, 3.8) is 0 Å². The number of nitrogens with zero attached hydrogens (tertiary/aromatic N) is 1. The molecule has 2 atom stereocenters. The smallest absolute Gasteiger partial charge is 0.264 e. The van der Waals surface area contributed by atoms with Crippen molar-refractivity contribution in [2.75, 3.05) is 33.4 Å². The molecule has 1 fully saturated rings. The number of fused-ring (bicyclic) bond motifs is 1. The van der Waals surface area contributed by atoms with E-state index in [1.807, 2.05) is 42.5 Å². The Kier molecular flexibility index (Phi) is 5.67.